The van der Waals surface area contributed by atoms with E-state index in [0.29, 0.717) is 0 Å². The number of aromatic nitrogens is 2. The molecule has 5 nitrogen and oxygen atoms in total. The molecule has 1 N–H and O–H groups in total. The first-order chi connectivity index (χ1) is 6.99. The van der Waals surface area contributed by atoms with Crippen molar-refractivity contribution in [3.8, 4) is 0 Å². The standard InChI is InChI=1S/C10H15N2O3/c1-8(13)5-9(14)10(15)6-12-4-3-11(2)7-12/h3-4,7,10,15H,5-6H2,1-2H3/q+1. The van der Waals surface area contributed by atoms with E-state index < -0.39 is 11.9 Å². The first kappa shape index (κ1) is 11.6. The molecule has 0 bridgehead atoms. The summed E-state index contributed by atoms with van der Waals surface area (Å²) in [5.41, 5.74) is 0. The Morgan fingerprint density at radius 3 is 2.67 bits per heavy atom. The van der Waals surface area contributed by atoms with Crippen LogP contribution in [0.3, 0.4) is 0 Å². The first-order valence-corrected chi connectivity index (χ1v) is 4.70. The molecule has 1 rings (SSSR count). The van der Waals surface area contributed by atoms with Crippen LogP contribution >= 0.6 is 0 Å². The second kappa shape index (κ2) is 4.84. The van der Waals surface area contributed by atoms with Gasteiger partial charge in [-0.1, -0.05) is 0 Å². The molecule has 0 radical (unpaired) electrons. The molecule has 1 aromatic rings. The van der Waals surface area contributed by atoms with E-state index in [0.717, 1.165) is 0 Å². The second-order valence-electron chi connectivity index (χ2n) is 3.64. The van der Waals surface area contributed by atoms with Gasteiger partial charge in [0.1, 0.15) is 24.7 Å². The lowest BCUT2D eigenvalue weighted by atomic mass is 10.1. The van der Waals surface area contributed by atoms with Crippen molar-refractivity contribution in [1.82, 2.24) is 4.57 Å². The van der Waals surface area contributed by atoms with Crippen LogP contribution in [0.2, 0.25) is 0 Å². The Balaban J connectivity index is 2.51. The van der Waals surface area contributed by atoms with Gasteiger partial charge in [-0.2, -0.15) is 0 Å². The van der Waals surface area contributed by atoms with E-state index in [-0.39, 0.29) is 18.7 Å². The molecule has 0 aromatic carbocycles. The molecule has 1 unspecified atom stereocenters. The van der Waals surface area contributed by atoms with E-state index in [1.54, 1.807) is 17.1 Å². The number of hydrogen-bond acceptors (Lipinski definition) is 3. The fourth-order valence-electron chi connectivity index (χ4n) is 1.27. The second-order valence-corrected chi connectivity index (χ2v) is 3.64. The number of aliphatic hydroxyl groups excluding tert-OH is 1. The van der Waals surface area contributed by atoms with Crippen LogP contribution < -0.4 is 4.57 Å². The van der Waals surface area contributed by atoms with Gasteiger partial charge in [0.25, 0.3) is 0 Å². The molecule has 15 heavy (non-hydrogen) atoms. The summed E-state index contributed by atoms with van der Waals surface area (Å²) in [6.07, 6.45) is 4.01. The monoisotopic (exact) mass is 211 g/mol. The topological polar surface area (TPSA) is 63.2 Å². The smallest absolute Gasteiger partial charge is 0.243 e. The number of hydrogen-bond donors (Lipinski definition) is 1. The highest BCUT2D eigenvalue weighted by Gasteiger charge is 2.19. The molecule has 1 aromatic heterocycles. The maximum atomic E-state index is 11.3. The van der Waals surface area contributed by atoms with E-state index in [4.69, 9.17) is 0 Å². The van der Waals surface area contributed by atoms with Gasteiger partial charge in [-0.25, -0.2) is 9.13 Å². The fraction of sp³-hybridized carbons (Fsp3) is 0.500. The maximum absolute atomic E-state index is 11.3. The molecule has 0 amide bonds. The van der Waals surface area contributed by atoms with Crippen LogP contribution in [0.1, 0.15) is 13.3 Å². The Bertz CT molecular complexity index is 370. The predicted molar refractivity (Wildman–Crippen MR) is 51.9 cm³/mol. The van der Waals surface area contributed by atoms with Crippen LogP contribution in [0.25, 0.3) is 0 Å². The third-order valence-electron chi connectivity index (χ3n) is 2.00. The summed E-state index contributed by atoms with van der Waals surface area (Å²) in [4.78, 5) is 21.9. The van der Waals surface area contributed by atoms with Gasteiger partial charge in [0.05, 0.1) is 13.5 Å². The molecule has 1 heterocycles. The highest BCUT2D eigenvalue weighted by molar-refractivity contribution is 5.99. The predicted octanol–water partition coefficient (Wildman–Crippen LogP) is -0.778. The average molecular weight is 211 g/mol. The molecule has 5 heteroatoms. The SMILES string of the molecule is CC(=O)CC(=O)C(O)Cn1cc[n+](C)c1. The summed E-state index contributed by atoms with van der Waals surface area (Å²) in [6, 6.07) is 0. The molecule has 0 saturated heterocycles. The van der Waals surface area contributed by atoms with Crippen LogP contribution in [0.4, 0.5) is 0 Å². The molecular formula is C10H15N2O3+. The van der Waals surface area contributed by atoms with Gasteiger partial charge in [0.2, 0.25) is 6.33 Å². The van der Waals surface area contributed by atoms with Gasteiger partial charge >= 0.3 is 0 Å². The molecule has 82 valence electrons. The van der Waals surface area contributed by atoms with E-state index >= 15 is 0 Å². The molecular weight excluding hydrogens is 196 g/mol. The average Bonchev–Trinajstić information content (AvgIpc) is 2.50. The number of ketones is 2. The number of carbonyl (C=O) groups excluding carboxylic acids is 2. The summed E-state index contributed by atoms with van der Waals surface area (Å²) in [5.74, 6) is -0.657. The number of nitrogens with zero attached hydrogens (tertiary/aromatic N) is 2. The van der Waals surface area contributed by atoms with Crippen molar-refractivity contribution in [3.63, 3.8) is 0 Å². The number of aliphatic hydroxyl groups is 1. The van der Waals surface area contributed by atoms with Crippen molar-refractivity contribution in [3.05, 3.63) is 18.7 Å². The Hall–Kier alpha value is -1.49. The summed E-state index contributed by atoms with van der Waals surface area (Å²) in [7, 11) is 1.85. The van der Waals surface area contributed by atoms with Crippen molar-refractivity contribution in [2.75, 3.05) is 0 Å². The first-order valence-electron chi connectivity index (χ1n) is 4.70. The number of imidazole rings is 1. The minimum absolute atomic E-state index is 0.187. The van der Waals surface area contributed by atoms with Crippen molar-refractivity contribution in [2.24, 2.45) is 7.05 Å². The number of rotatable bonds is 5. The van der Waals surface area contributed by atoms with Crippen molar-refractivity contribution in [2.45, 2.75) is 26.0 Å². The van der Waals surface area contributed by atoms with Crippen LogP contribution in [0.15, 0.2) is 18.7 Å². The number of carbonyl (C=O) groups is 2. The number of aryl methyl sites for hydroxylation is 1. The lowest BCUT2D eigenvalue weighted by Gasteiger charge is -2.05. The van der Waals surface area contributed by atoms with Crippen LogP contribution in [0.5, 0.6) is 0 Å². The van der Waals surface area contributed by atoms with E-state index in [1.807, 2.05) is 17.8 Å². The summed E-state index contributed by atoms with van der Waals surface area (Å²) >= 11 is 0. The highest BCUT2D eigenvalue weighted by Crippen LogP contribution is 1.97. The molecule has 0 aliphatic rings. The summed E-state index contributed by atoms with van der Waals surface area (Å²) in [5, 5.41) is 9.50. The van der Waals surface area contributed by atoms with Crippen molar-refractivity contribution < 1.29 is 19.3 Å². The Morgan fingerprint density at radius 1 is 1.53 bits per heavy atom. The zero-order valence-electron chi connectivity index (χ0n) is 8.88. The van der Waals surface area contributed by atoms with E-state index in [2.05, 4.69) is 0 Å². The molecule has 0 spiro atoms. The van der Waals surface area contributed by atoms with Gasteiger partial charge in [-0.15, -0.1) is 0 Å². The third kappa shape index (κ3) is 3.63. The van der Waals surface area contributed by atoms with Gasteiger partial charge < -0.3 is 5.11 Å². The lowest BCUT2D eigenvalue weighted by Crippen LogP contribution is -2.29. The Morgan fingerprint density at radius 2 is 2.20 bits per heavy atom. The maximum Gasteiger partial charge on any atom is 0.243 e. The zero-order valence-corrected chi connectivity index (χ0v) is 8.88. The third-order valence-corrected chi connectivity index (χ3v) is 2.00. The van der Waals surface area contributed by atoms with E-state index in [1.165, 1.54) is 6.92 Å². The quantitative estimate of drug-likeness (QED) is 0.513. The summed E-state index contributed by atoms with van der Waals surface area (Å²) in [6.45, 7) is 1.52. The zero-order chi connectivity index (χ0) is 11.4. The molecule has 0 aliphatic carbocycles. The van der Waals surface area contributed by atoms with Crippen LogP contribution in [0, 0.1) is 0 Å². The van der Waals surface area contributed by atoms with Gasteiger partial charge in [-0.05, 0) is 6.92 Å². The van der Waals surface area contributed by atoms with Crippen LogP contribution in [-0.2, 0) is 23.2 Å². The Kier molecular flexibility index (Phi) is 3.74. The van der Waals surface area contributed by atoms with Crippen molar-refractivity contribution >= 4 is 11.6 Å². The normalized spacial score (nSPS) is 12.5. The van der Waals surface area contributed by atoms with Crippen molar-refractivity contribution in [1.29, 1.82) is 0 Å². The van der Waals surface area contributed by atoms with E-state index in [9.17, 15) is 14.7 Å². The minimum Gasteiger partial charge on any atom is -0.381 e. The minimum atomic E-state index is -1.11. The summed E-state index contributed by atoms with van der Waals surface area (Å²) < 4.78 is 3.50. The van der Waals surface area contributed by atoms with Gasteiger partial charge in [-0.3, -0.25) is 9.59 Å². The highest BCUT2D eigenvalue weighted by atomic mass is 16.3. The fourth-order valence-corrected chi connectivity index (χ4v) is 1.27. The largest absolute Gasteiger partial charge is 0.381 e. The molecule has 0 aliphatic heterocycles. The lowest BCUT2D eigenvalue weighted by molar-refractivity contribution is -0.671. The van der Waals surface area contributed by atoms with Crippen LogP contribution in [-0.4, -0.2) is 27.3 Å². The van der Waals surface area contributed by atoms with Gasteiger partial charge in [0.15, 0.2) is 11.9 Å². The van der Waals surface area contributed by atoms with Gasteiger partial charge in [0, 0.05) is 0 Å². The Labute approximate surface area is 88.0 Å². The molecule has 1 atom stereocenters. The molecule has 0 fully saturated rings. The number of Topliss-reactive ketones (excluding diaryl/α,β-unsaturated/α-hetero) is 2. The molecule has 0 saturated carbocycles.